The lowest BCUT2D eigenvalue weighted by Gasteiger charge is -2.47. The predicted molar refractivity (Wildman–Crippen MR) is 97.9 cm³/mol. The lowest BCUT2D eigenvalue weighted by molar-refractivity contribution is -0.174. The minimum atomic E-state index is -3.73. The van der Waals surface area contributed by atoms with E-state index in [0.29, 0.717) is 5.30 Å². The largest absolute Gasteiger partial charge is 0.377 e. The highest BCUT2D eigenvalue weighted by Crippen LogP contribution is 2.65. The second-order valence-electron chi connectivity index (χ2n) is 8.44. The zero-order chi connectivity index (χ0) is 19.7. The lowest BCUT2D eigenvalue weighted by atomic mass is 9.99. The Balaban J connectivity index is 1.78. The Hall–Kier alpha value is -0.790. The SMILES string of the molecule is CC1(C)OC[C@H]([C@H]2OP(=O)(c3ccccc3)[C@@](C)(O)[C@H]3OC(C)(C)O[C@@H]23)O1. The van der Waals surface area contributed by atoms with Crippen molar-refractivity contribution in [1.82, 2.24) is 0 Å². The first-order chi connectivity index (χ1) is 12.5. The molecule has 3 saturated heterocycles. The fraction of sp³-hybridized carbons (Fsp3) is 0.684. The first-order valence-electron chi connectivity index (χ1n) is 9.19. The number of fused-ring (bicyclic) bond motifs is 1. The van der Waals surface area contributed by atoms with Crippen LogP contribution in [0.4, 0.5) is 0 Å². The quantitative estimate of drug-likeness (QED) is 0.766. The fourth-order valence-electron chi connectivity index (χ4n) is 4.06. The number of hydrogen-bond donors (Lipinski definition) is 1. The smallest absolute Gasteiger partial charge is 0.265 e. The number of hydrogen-bond acceptors (Lipinski definition) is 7. The van der Waals surface area contributed by atoms with Gasteiger partial charge in [-0.2, -0.15) is 0 Å². The third kappa shape index (κ3) is 3.10. The Labute approximate surface area is 159 Å². The van der Waals surface area contributed by atoms with E-state index in [1.807, 2.05) is 19.9 Å². The van der Waals surface area contributed by atoms with Crippen molar-refractivity contribution in [3.05, 3.63) is 30.3 Å². The van der Waals surface area contributed by atoms with Gasteiger partial charge in [-0.05, 0) is 46.8 Å². The summed E-state index contributed by atoms with van der Waals surface area (Å²) in [6.45, 7) is 8.94. The Morgan fingerprint density at radius 1 is 0.963 bits per heavy atom. The molecule has 150 valence electrons. The van der Waals surface area contributed by atoms with E-state index in [2.05, 4.69) is 0 Å². The van der Waals surface area contributed by atoms with Gasteiger partial charge in [-0.1, -0.05) is 18.2 Å². The summed E-state index contributed by atoms with van der Waals surface area (Å²) >= 11 is 0. The zero-order valence-corrected chi connectivity index (χ0v) is 17.1. The summed E-state index contributed by atoms with van der Waals surface area (Å²) in [5, 5.41) is 10.0. The highest BCUT2D eigenvalue weighted by atomic mass is 31.2. The zero-order valence-electron chi connectivity index (χ0n) is 16.2. The van der Waals surface area contributed by atoms with Gasteiger partial charge in [0.25, 0.3) is 7.37 Å². The molecular weight excluding hydrogens is 371 g/mol. The first-order valence-corrected chi connectivity index (χ1v) is 10.8. The molecule has 0 aromatic heterocycles. The topological polar surface area (TPSA) is 83.5 Å². The van der Waals surface area contributed by atoms with E-state index in [0.717, 1.165) is 0 Å². The van der Waals surface area contributed by atoms with Crippen LogP contribution in [0, 0.1) is 0 Å². The standard InChI is InChI=1S/C19H27O7P/c1-17(2)22-11-13(23-17)14-15-16(25-18(3,4)24-15)19(5,20)27(21,26-14)12-9-7-6-8-10-12/h6-10,13-16,20H,11H2,1-5H3/t13-,14-,15+,16+,19-,27?/m1/s1. The molecule has 3 aliphatic rings. The van der Waals surface area contributed by atoms with Crippen LogP contribution in [-0.4, -0.2) is 53.0 Å². The minimum Gasteiger partial charge on any atom is -0.377 e. The summed E-state index contributed by atoms with van der Waals surface area (Å²) < 4.78 is 43.9. The van der Waals surface area contributed by atoms with Gasteiger partial charge >= 0.3 is 0 Å². The average Bonchev–Trinajstić information content (AvgIpc) is 3.11. The van der Waals surface area contributed by atoms with Crippen LogP contribution in [0.15, 0.2) is 30.3 Å². The van der Waals surface area contributed by atoms with Crippen molar-refractivity contribution in [2.75, 3.05) is 6.61 Å². The first kappa shape index (κ1) is 19.5. The normalized spacial score (nSPS) is 45.6. The summed E-state index contributed by atoms with van der Waals surface area (Å²) in [7, 11) is -3.73. The van der Waals surface area contributed by atoms with Gasteiger partial charge in [0, 0.05) is 5.30 Å². The van der Waals surface area contributed by atoms with Crippen molar-refractivity contribution >= 4 is 12.7 Å². The van der Waals surface area contributed by atoms with Gasteiger partial charge in [-0.3, -0.25) is 4.57 Å². The van der Waals surface area contributed by atoms with Crippen molar-refractivity contribution in [3.63, 3.8) is 0 Å². The number of aliphatic hydroxyl groups is 1. The van der Waals surface area contributed by atoms with E-state index in [-0.39, 0.29) is 6.61 Å². The molecule has 6 atom stereocenters. The molecule has 3 fully saturated rings. The van der Waals surface area contributed by atoms with Crippen LogP contribution in [0.25, 0.3) is 0 Å². The highest BCUT2D eigenvalue weighted by molar-refractivity contribution is 7.68. The van der Waals surface area contributed by atoms with Crippen LogP contribution < -0.4 is 5.30 Å². The van der Waals surface area contributed by atoms with Crippen LogP contribution in [0.5, 0.6) is 0 Å². The Morgan fingerprint density at radius 2 is 1.63 bits per heavy atom. The lowest BCUT2D eigenvalue weighted by Crippen LogP contribution is -2.60. The molecule has 0 amide bonds. The molecular formula is C19H27O7P. The Kier molecular flexibility index (Phi) is 4.41. The number of rotatable bonds is 2. The summed E-state index contributed by atoms with van der Waals surface area (Å²) in [5.74, 6) is -1.71. The molecule has 0 saturated carbocycles. The molecule has 0 bridgehead atoms. The maximum Gasteiger partial charge on any atom is 0.265 e. The van der Waals surface area contributed by atoms with Crippen LogP contribution in [0.3, 0.4) is 0 Å². The van der Waals surface area contributed by atoms with Gasteiger partial charge < -0.3 is 28.6 Å². The number of ether oxygens (including phenoxy) is 4. The average molecular weight is 398 g/mol. The van der Waals surface area contributed by atoms with Crippen molar-refractivity contribution in [2.45, 2.75) is 76.0 Å². The van der Waals surface area contributed by atoms with Crippen molar-refractivity contribution in [3.8, 4) is 0 Å². The highest BCUT2D eigenvalue weighted by Gasteiger charge is 2.67. The summed E-state index contributed by atoms with van der Waals surface area (Å²) in [6, 6.07) is 8.75. The van der Waals surface area contributed by atoms with Gasteiger partial charge in [0.05, 0.1) is 6.61 Å². The monoisotopic (exact) mass is 398 g/mol. The molecule has 3 heterocycles. The van der Waals surface area contributed by atoms with Gasteiger partial charge in [0.2, 0.25) is 0 Å². The van der Waals surface area contributed by atoms with Gasteiger partial charge in [-0.15, -0.1) is 0 Å². The molecule has 1 aromatic rings. The molecule has 1 aromatic carbocycles. The van der Waals surface area contributed by atoms with Crippen molar-refractivity contribution in [2.24, 2.45) is 0 Å². The predicted octanol–water partition coefficient (Wildman–Crippen LogP) is 2.37. The Bertz CT molecular complexity index is 761. The van der Waals surface area contributed by atoms with Crippen LogP contribution >= 0.6 is 7.37 Å². The molecule has 3 aliphatic heterocycles. The molecule has 0 spiro atoms. The van der Waals surface area contributed by atoms with E-state index >= 15 is 0 Å². The third-order valence-electron chi connectivity index (χ3n) is 5.35. The second kappa shape index (κ2) is 6.10. The van der Waals surface area contributed by atoms with Crippen LogP contribution in [0.2, 0.25) is 0 Å². The maximum absolute atomic E-state index is 14.1. The minimum absolute atomic E-state index is 0.279. The molecule has 0 aliphatic carbocycles. The maximum atomic E-state index is 14.1. The molecule has 0 radical (unpaired) electrons. The fourth-order valence-corrected chi connectivity index (χ4v) is 6.62. The molecule has 27 heavy (non-hydrogen) atoms. The van der Waals surface area contributed by atoms with E-state index in [1.165, 1.54) is 6.92 Å². The second-order valence-corrected chi connectivity index (χ2v) is 11.2. The molecule has 4 rings (SSSR count). The van der Waals surface area contributed by atoms with Crippen LogP contribution in [-0.2, 0) is 28.0 Å². The van der Waals surface area contributed by atoms with E-state index in [1.54, 1.807) is 38.1 Å². The van der Waals surface area contributed by atoms with Crippen LogP contribution in [0.1, 0.15) is 34.6 Å². The van der Waals surface area contributed by atoms with E-state index in [4.69, 9.17) is 23.5 Å². The third-order valence-corrected chi connectivity index (χ3v) is 8.32. The molecule has 1 unspecified atom stereocenters. The van der Waals surface area contributed by atoms with E-state index < -0.39 is 48.7 Å². The molecule has 1 N–H and O–H groups in total. The molecule has 8 heteroatoms. The Morgan fingerprint density at radius 3 is 2.22 bits per heavy atom. The van der Waals surface area contributed by atoms with Crippen molar-refractivity contribution in [1.29, 1.82) is 0 Å². The number of benzene rings is 1. The summed E-state index contributed by atoms with van der Waals surface area (Å²) in [6.07, 6.45) is -2.66. The van der Waals surface area contributed by atoms with Gasteiger partial charge in [0.1, 0.15) is 24.4 Å². The summed E-state index contributed by atoms with van der Waals surface area (Å²) in [4.78, 5) is 0. The van der Waals surface area contributed by atoms with Crippen molar-refractivity contribution < 1.29 is 33.1 Å². The van der Waals surface area contributed by atoms with Gasteiger partial charge in [0.15, 0.2) is 16.9 Å². The molecule has 7 nitrogen and oxygen atoms in total. The van der Waals surface area contributed by atoms with Gasteiger partial charge in [-0.25, -0.2) is 0 Å². The summed E-state index contributed by atoms with van der Waals surface area (Å²) in [5.41, 5.74) is 0. The van der Waals surface area contributed by atoms with E-state index in [9.17, 15) is 9.67 Å².